The van der Waals surface area contributed by atoms with Crippen molar-refractivity contribution in [3.05, 3.63) is 64.1 Å². The van der Waals surface area contributed by atoms with Crippen molar-refractivity contribution in [2.75, 3.05) is 11.9 Å². The average molecular weight is 290 g/mol. The molecule has 0 fully saturated rings. The van der Waals surface area contributed by atoms with Crippen LogP contribution in [0, 0.1) is 6.92 Å². The summed E-state index contributed by atoms with van der Waals surface area (Å²) in [5.41, 5.74) is 3.85. The van der Waals surface area contributed by atoms with Crippen LogP contribution in [0.5, 0.6) is 0 Å². The van der Waals surface area contributed by atoms with Crippen LogP contribution >= 0.6 is 15.9 Å². The van der Waals surface area contributed by atoms with Crippen LogP contribution in [0.15, 0.2) is 53.0 Å². The molecule has 0 heterocycles. The Labute approximate surface area is 111 Å². The summed E-state index contributed by atoms with van der Waals surface area (Å²) < 4.78 is 1.17. The first-order valence-electron chi connectivity index (χ1n) is 5.68. The van der Waals surface area contributed by atoms with Crippen LogP contribution in [0.2, 0.25) is 0 Å². The maximum atomic E-state index is 3.59. The summed E-state index contributed by atoms with van der Waals surface area (Å²) in [5, 5.41) is 0. The molecule has 0 atom stereocenters. The lowest BCUT2D eigenvalue weighted by atomic mass is 10.2. The Kier molecular flexibility index (Phi) is 3.85. The topological polar surface area (TPSA) is 3.24 Å². The first-order valence-corrected chi connectivity index (χ1v) is 6.47. The maximum Gasteiger partial charge on any atom is 0.0437 e. The summed E-state index contributed by atoms with van der Waals surface area (Å²) in [6.07, 6.45) is 0. The molecule has 0 unspecified atom stereocenters. The van der Waals surface area contributed by atoms with Gasteiger partial charge in [-0.3, -0.25) is 0 Å². The fraction of sp³-hybridized carbons (Fsp3) is 0.200. The van der Waals surface area contributed by atoms with E-state index in [1.807, 2.05) is 6.07 Å². The summed E-state index contributed by atoms with van der Waals surface area (Å²) in [4.78, 5) is 2.26. The molecule has 0 aliphatic heterocycles. The number of hydrogen-bond acceptors (Lipinski definition) is 1. The fourth-order valence-electron chi connectivity index (χ4n) is 1.84. The van der Waals surface area contributed by atoms with Crippen molar-refractivity contribution < 1.29 is 0 Å². The molecule has 0 saturated carbocycles. The molecule has 1 nitrogen and oxygen atoms in total. The van der Waals surface area contributed by atoms with E-state index in [1.54, 1.807) is 0 Å². The molecule has 0 amide bonds. The molecular formula is C15H16BrN. The van der Waals surface area contributed by atoms with Gasteiger partial charge in [-0.15, -0.1) is 0 Å². The molecule has 2 aromatic rings. The van der Waals surface area contributed by atoms with Crippen molar-refractivity contribution in [2.45, 2.75) is 13.5 Å². The minimum absolute atomic E-state index is 0.908. The van der Waals surface area contributed by atoms with Crippen molar-refractivity contribution in [3.8, 4) is 0 Å². The molecule has 0 N–H and O–H groups in total. The van der Waals surface area contributed by atoms with E-state index in [-0.39, 0.29) is 0 Å². The Morgan fingerprint density at radius 2 is 1.82 bits per heavy atom. The summed E-state index contributed by atoms with van der Waals surface area (Å²) in [6, 6.07) is 16.9. The van der Waals surface area contributed by atoms with E-state index in [1.165, 1.54) is 21.3 Å². The van der Waals surface area contributed by atoms with Gasteiger partial charge in [0.15, 0.2) is 0 Å². The third-order valence-corrected chi connectivity index (χ3v) is 3.58. The van der Waals surface area contributed by atoms with Crippen LogP contribution in [0.4, 0.5) is 5.69 Å². The molecule has 0 aliphatic carbocycles. The molecule has 0 spiro atoms. The second-order valence-electron chi connectivity index (χ2n) is 4.29. The highest BCUT2D eigenvalue weighted by molar-refractivity contribution is 9.10. The number of aryl methyl sites for hydroxylation is 1. The second-order valence-corrected chi connectivity index (χ2v) is 5.14. The van der Waals surface area contributed by atoms with E-state index in [0.29, 0.717) is 0 Å². The van der Waals surface area contributed by atoms with Gasteiger partial charge in [0.2, 0.25) is 0 Å². The second kappa shape index (κ2) is 5.37. The number of anilines is 1. The molecule has 0 aromatic heterocycles. The van der Waals surface area contributed by atoms with Crippen LogP contribution < -0.4 is 4.90 Å². The van der Waals surface area contributed by atoms with E-state index >= 15 is 0 Å². The van der Waals surface area contributed by atoms with Crippen molar-refractivity contribution in [3.63, 3.8) is 0 Å². The fourth-order valence-corrected chi connectivity index (χ4v) is 2.25. The van der Waals surface area contributed by atoms with Crippen molar-refractivity contribution in [1.82, 2.24) is 0 Å². The molecular weight excluding hydrogens is 274 g/mol. The number of hydrogen-bond donors (Lipinski definition) is 0. The van der Waals surface area contributed by atoms with Crippen LogP contribution in [0.3, 0.4) is 0 Å². The summed E-state index contributed by atoms with van der Waals surface area (Å²) in [5.74, 6) is 0. The Balaban J connectivity index is 2.17. The summed E-state index contributed by atoms with van der Waals surface area (Å²) >= 11 is 3.59. The third kappa shape index (κ3) is 3.10. The molecule has 17 heavy (non-hydrogen) atoms. The normalized spacial score (nSPS) is 10.3. The molecule has 0 radical (unpaired) electrons. The zero-order chi connectivity index (χ0) is 12.3. The van der Waals surface area contributed by atoms with E-state index < -0.39 is 0 Å². The lowest BCUT2D eigenvalue weighted by Crippen LogP contribution is -2.16. The minimum atomic E-state index is 0.908. The van der Waals surface area contributed by atoms with Gasteiger partial charge in [0, 0.05) is 23.8 Å². The Morgan fingerprint density at radius 1 is 1.06 bits per heavy atom. The average Bonchev–Trinajstić information content (AvgIpc) is 2.32. The molecule has 88 valence electrons. The zero-order valence-corrected chi connectivity index (χ0v) is 11.7. The quantitative estimate of drug-likeness (QED) is 0.810. The standard InChI is InChI=1S/C15H16BrN/c1-12-6-5-8-14(10-12)17(2)11-13-7-3-4-9-15(13)16/h3-10H,11H2,1-2H3. The lowest BCUT2D eigenvalue weighted by Gasteiger charge is -2.20. The Morgan fingerprint density at radius 3 is 2.53 bits per heavy atom. The van der Waals surface area contributed by atoms with Gasteiger partial charge in [-0.25, -0.2) is 0 Å². The first kappa shape index (κ1) is 12.2. The van der Waals surface area contributed by atoms with Crippen LogP contribution in [0.25, 0.3) is 0 Å². The van der Waals surface area contributed by atoms with E-state index in [9.17, 15) is 0 Å². The van der Waals surface area contributed by atoms with Gasteiger partial charge in [-0.2, -0.15) is 0 Å². The Hall–Kier alpha value is -1.28. The van der Waals surface area contributed by atoms with E-state index in [0.717, 1.165) is 6.54 Å². The highest BCUT2D eigenvalue weighted by Gasteiger charge is 2.04. The zero-order valence-electron chi connectivity index (χ0n) is 10.2. The third-order valence-electron chi connectivity index (χ3n) is 2.81. The molecule has 0 aliphatic rings. The van der Waals surface area contributed by atoms with E-state index in [4.69, 9.17) is 0 Å². The minimum Gasteiger partial charge on any atom is -0.370 e. The van der Waals surface area contributed by atoms with Crippen molar-refractivity contribution in [2.24, 2.45) is 0 Å². The van der Waals surface area contributed by atoms with E-state index in [2.05, 4.69) is 77.3 Å². The maximum absolute atomic E-state index is 3.59. The molecule has 2 aromatic carbocycles. The highest BCUT2D eigenvalue weighted by Crippen LogP contribution is 2.21. The van der Waals surface area contributed by atoms with Crippen molar-refractivity contribution in [1.29, 1.82) is 0 Å². The van der Waals surface area contributed by atoms with Crippen LogP contribution in [-0.4, -0.2) is 7.05 Å². The number of rotatable bonds is 3. The lowest BCUT2D eigenvalue weighted by molar-refractivity contribution is 0.917. The summed E-state index contributed by atoms with van der Waals surface area (Å²) in [6.45, 7) is 3.03. The van der Waals surface area contributed by atoms with Gasteiger partial charge in [0.25, 0.3) is 0 Å². The van der Waals surface area contributed by atoms with Gasteiger partial charge >= 0.3 is 0 Å². The molecule has 0 saturated heterocycles. The summed E-state index contributed by atoms with van der Waals surface area (Å²) in [7, 11) is 2.12. The number of halogens is 1. The monoisotopic (exact) mass is 289 g/mol. The van der Waals surface area contributed by atoms with Gasteiger partial charge in [-0.1, -0.05) is 46.3 Å². The largest absolute Gasteiger partial charge is 0.370 e. The van der Waals surface area contributed by atoms with Gasteiger partial charge < -0.3 is 4.90 Å². The van der Waals surface area contributed by atoms with Gasteiger partial charge in [0.05, 0.1) is 0 Å². The van der Waals surface area contributed by atoms with Crippen molar-refractivity contribution >= 4 is 21.6 Å². The molecule has 2 heteroatoms. The highest BCUT2D eigenvalue weighted by atomic mass is 79.9. The molecule has 2 rings (SSSR count). The first-order chi connectivity index (χ1) is 8.16. The van der Waals surface area contributed by atoms with Crippen LogP contribution in [0.1, 0.15) is 11.1 Å². The number of benzene rings is 2. The van der Waals surface area contributed by atoms with Gasteiger partial charge in [-0.05, 0) is 36.2 Å². The molecule has 0 bridgehead atoms. The predicted molar refractivity (Wildman–Crippen MR) is 77.4 cm³/mol. The predicted octanol–water partition coefficient (Wildman–Crippen LogP) is 4.39. The van der Waals surface area contributed by atoms with Crippen LogP contribution in [-0.2, 0) is 6.54 Å². The SMILES string of the molecule is Cc1cccc(N(C)Cc2ccccc2Br)c1. The number of nitrogens with zero attached hydrogens (tertiary/aromatic N) is 1. The smallest absolute Gasteiger partial charge is 0.0437 e. The Bertz CT molecular complexity index is 508. The van der Waals surface area contributed by atoms with Gasteiger partial charge in [0.1, 0.15) is 0 Å².